The molecule has 13 heavy (non-hydrogen) atoms. The molecule has 0 fully saturated rings. The number of carbonyl (C=O) groups excluding carboxylic acids is 1. The van der Waals surface area contributed by atoms with Gasteiger partial charge in [-0.3, -0.25) is 4.79 Å². The van der Waals surface area contributed by atoms with Crippen LogP contribution in [-0.4, -0.2) is 12.6 Å². The maximum Gasteiger partial charge on any atom is 0.308 e. The van der Waals surface area contributed by atoms with Crippen LogP contribution in [0.15, 0.2) is 11.6 Å². The first-order chi connectivity index (χ1) is 6.07. The summed E-state index contributed by atoms with van der Waals surface area (Å²) in [5, 5.41) is 0. The van der Waals surface area contributed by atoms with Gasteiger partial charge in [-0.1, -0.05) is 25.8 Å². The molecule has 0 aliphatic carbocycles. The van der Waals surface area contributed by atoms with Gasteiger partial charge in [-0.2, -0.15) is 0 Å². The molecule has 0 bridgehead atoms. The van der Waals surface area contributed by atoms with E-state index < -0.39 is 0 Å². The Balaban J connectivity index is 3.68. The van der Waals surface area contributed by atoms with Crippen LogP contribution in [0.5, 0.6) is 0 Å². The summed E-state index contributed by atoms with van der Waals surface area (Å²) in [6.07, 6.45) is 3.85. The van der Waals surface area contributed by atoms with Gasteiger partial charge < -0.3 is 4.74 Å². The van der Waals surface area contributed by atoms with Crippen molar-refractivity contribution in [3.05, 3.63) is 11.6 Å². The largest absolute Gasteiger partial charge is 0.461 e. The average Bonchev–Trinajstić information content (AvgIpc) is 2.04. The number of hydrogen-bond donors (Lipinski definition) is 0. The molecule has 0 radical (unpaired) electrons. The minimum Gasteiger partial charge on any atom is -0.461 e. The molecule has 0 aliphatic heterocycles. The fourth-order valence-electron chi connectivity index (χ4n) is 0.984. The standard InChI is InChI=1S/C11H20O2/c1-5-6-10(4)11(12)13-8-7-9(2)3/h7,10H,5-6,8H2,1-4H3/t10-/m0/s1. The van der Waals surface area contributed by atoms with Crippen molar-refractivity contribution in [3.63, 3.8) is 0 Å². The number of allylic oxidation sites excluding steroid dienone is 1. The zero-order valence-electron chi connectivity index (χ0n) is 9.09. The van der Waals surface area contributed by atoms with E-state index in [1.807, 2.05) is 26.8 Å². The Bertz CT molecular complexity index is 179. The van der Waals surface area contributed by atoms with Crippen LogP contribution in [-0.2, 0) is 9.53 Å². The Hall–Kier alpha value is -0.790. The summed E-state index contributed by atoms with van der Waals surface area (Å²) in [6, 6.07) is 0. The summed E-state index contributed by atoms with van der Waals surface area (Å²) >= 11 is 0. The van der Waals surface area contributed by atoms with Gasteiger partial charge in [0.15, 0.2) is 0 Å². The van der Waals surface area contributed by atoms with E-state index in [1.165, 1.54) is 5.57 Å². The molecule has 0 saturated heterocycles. The van der Waals surface area contributed by atoms with Gasteiger partial charge in [0.1, 0.15) is 6.61 Å². The Labute approximate surface area is 81.0 Å². The highest BCUT2D eigenvalue weighted by molar-refractivity contribution is 5.71. The van der Waals surface area contributed by atoms with Crippen LogP contribution >= 0.6 is 0 Å². The number of esters is 1. The fraction of sp³-hybridized carbons (Fsp3) is 0.727. The molecule has 0 aromatic carbocycles. The van der Waals surface area contributed by atoms with Crippen LogP contribution in [0.4, 0.5) is 0 Å². The first-order valence-electron chi connectivity index (χ1n) is 4.88. The molecule has 0 rings (SSSR count). The summed E-state index contributed by atoms with van der Waals surface area (Å²) < 4.78 is 5.05. The lowest BCUT2D eigenvalue weighted by Gasteiger charge is -2.08. The molecule has 0 N–H and O–H groups in total. The van der Waals surface area contributed by atoms with E-state index in [9.17, 15) is 4.79 Å². The zero-order valence-corrected chi connectivity index (χ0v) is 9.09. The lowest BCUT2D eigenvalue weighted by atomic mass is 10.1. The number of hydrogen-bond acceptors (Lipinski definition) is 2. The predicted octanol–water partition coefficient (Wildman–Crippen LogP) is 2.93. The Kier molecular flexibility index (Phi) is 6.29. The lowest BCUT2D eigenvalue weighted by Crippen LogP contribution is -2.14. The van der Waals surface area contributed by atoms with E-state index >= 15 is 0 Å². The van der Waals surface area contributed by atoms with E-state index in [-0.39, 0.29) is 11.9 Å². The minimum absolute atomic E-state index is 0.0376. The van der Waals surface area contributed by atoms with Crippen LogP contribution in [0.2, 0.25) is 0 Å². The smallest absolute Gasteiger partial charge is 0.308 e. The molecule has 0 spiro atoms. The third-order valence-electron chi connectivity index (χ3n) is 1.84. The highest BCUT2D eigenvalue weighted by Gasteiger charge is 2.11. The van der Waals surface area contributed by atoms with Crippen molar-refractivity contribution in [2.24, 2.45) is 5.92 Å². The van der Waals surface area contributed by atoms with Crippen molar-refractivity contribution in [1.82, 2.24) is 0 Å². The van der Waals surface area contributed by atoms with Gasteiger partial charge in [0, 0.05) is 0 Å². The van der Waals surface area contributed by atoms with E-state index in [0.717, 1.165) is 12.8 Å². The van der Waals surface area contributed by atoms with Gasteiger partial charge in [0.2, 0.25) is 0 Å². The zero-order chi connectivity index (χ0) is 10.3. The van der Waals surface area contributed by atoms with Crippen molar-refractivity contribution in [2.75, 3.05) is 6.61 Å². The molecular formula is C11H20O2. The highest BCUT2D eigenvalue weighted by Crippen LogP contribution is 2.07. The molecule has 0 amide bonds. The number of rotatable bonds is 5. The van der Waals surface area contributed by atoms with E-state index in [2.05, 4.69) is 6.92 Å². The van der Waals surface area contributed by atoms with Gasteiger partial charge in [-0.05, 0) is 26.3 Å². The molecule has 2 heteroatoms. The van der Waals surface area contributed by atoms with Gasteiger partial charge >= 0.3 is 5.97 Å². The molecular weight excluding hydrogens is 164 g/mol. The Morgan fingerprint density at radius 3 is 2.54 bits per heavy atom. The van der Waals surface area contributed by atoms with E-state index in [0.29, 0.717) is 6.61 Å². The van der Waals surface area contributed by atoms with Crippen molar-refractivity contribution in [2.45, 2.75) is 40.5 Å². The Morgan fingerprint density at radius 2 is 2.08 bits per heavy atom. The molecule has 0 aromatic heterocycles. The van der Waals surface area contributed by atoms with Crippen molar-refractivity contribution in [1.29, 1.82) is 0 Å². The fourth-order valence-corrected chi connectivity index (χ4v) is 0.984. The second-order valence-corrected chi connectivity index (χ2v) is 3.60. The molecule has 0 aliphatic rings. The Morgan fingerprint density at radius 1 is 1.46 bits per heavy atom. The van der Waals surface area contributed by atoms with Gasteiger partial charge in [-0.15, -0.1) is 0 Å². The molecule has 2 nitrogen and oxygen atoms in total. The monoisotopic (exact) mass is 184 g/mol. The molecule has 1 atom stereocenters. The quantitative estimate of drug-likeness (QED) is 0.485. The van der Waals surface area contributed by atoms with Crippen molar-refractivity contribution >= 4 is 5.97 Å². The number of carbonyl (C=O) groups is 1. The SMILES string of the molecule is CCC[C@H](C)C(=O)OCC=C(C)C. The van der Waals surface area contributed by atoms with Gasteiger partial charge in [0.05, 0.1) is 5.92 Å². The van der Waals surface area contributed by atoms with Crippen LogP contribution in [0.25, 0.3) is 0 Å². The topological polar surface area (TPSA) is 26.3 Å². The van der Waals surface area contributed by atoms with Gasteiger partial charge in [-0.25, -0.2) is 0 Å². The van der Waals surface area contributed by atoms with Gasteiger partial charge in [0.25, 0.3) is 0 Å². The second kappa shape index (κ2) is 6.70. The summed E-state index contributed by atoms with van der Waals surface area (Å²) in [5.74, 6) is -0.0464. The molecule has 0 aromatic rings. The summed E-state index contributed by atoms with van der Waals surface area (Å²) in [6.45, 7) is 8.37. The number of ether oxygens (including phenoxy) is 1. The molecule has 0 heterocycles. The maximum absolute atomic E-state index is 11.3. The normalized spacial score (nSPS) is 12.0. The lowest BCUT2D eigenvalue weighted by molar-refractivity contribution is -0.146. The maximum atomic E-state index is 11.3. The van der Waals surface area contributed by atoms with Crippen LogP contribution in [0, 0.1) is 5.92 Å². The first kappa shape index (κ1) is 12.2. The minimum atomic E-state index is -0.0839. The van der Waals surface area contributed by atoms with Crippen LogP contribution < -0.4 is 0 Å². The molecule has 76 valence electrons. The molecule has 0 saturated carbocycles. The average molecular weight is 184 g/mol. The van der Waals surface area contributed by atoms with E-state index in [1.54, 1.807) is 0 Å². The summed E-state index contributed by atoms with van der Waals surface area (Å²) in [5.41, 5.74) is 1.18. The third-order valence-corrected chi connectivity index (χ3v) is 1.84. The van der Waals surface area contributed by atoms with Crippen molar-refractivity contribution in [3.8, 4) is 0 Å². The van der Waals surface area contributed by atoms with Crippen LogP contribution in [0.3, 0.4) is 0 Å². The van der Waals surface area contributed by atoms with E-state index in [4.69, 9.17) is 4.74 Å². The highest BCUT2D eigenvalue weighted by atomic mass is 16.5. The predicted molar refractivity (Wildman–Crippen MR) is 54.5 cm³/mol. The van der Waals surface area contributed by atoms with Crippen LogP contribution in [0.1, 0.15) is 40.5 Å². The third kappa shape index (κ3) is 6.38. The summed E-state index contributed by atoms with van der Waals surface area (Å²) in [7, 11) is 0. The molecule has 0 unspecified atom stereocenters. The first-order valence-corrected chi connectivity index (χ1v) is 4.88. The summed E-state index contributed by atoms with van der Waals surface area (Å²) in [4.78, 5) is 11.3. The second-order valence-electron chi connectivity index (χ2n) is 3.60. The van der Waals surface area contributed by atoms with Crippen molar-refractivity contribution < 1.29 is 9.53 Å².